The van der Waals surface area contributed by atoms with Crippen LogP contribution in [0, 0.1) is 18.3 Å². The average molecular weight is 427 g/mol. The Hall–Kier alpha value is -3.26. The number of rotatable bonds is 8. The predicted molar refractivity (Wildman–Crippen MR) is 114 cm³/mol. The van der Waals surface area contributed by atoms with Crippen LogP contribution in [0.25, 0.3) is 11.4 Å². The van der Waals surface area contributed by atoms with Crippen LogP contribution in [0.15, 0.2) is 52.1 Å². The van der Waals surface area contributed by atoms with Crippen molar-refractivity contribution in [3.05, 3.63) is 47.8 Å². The Kier molecular flexibility index (Phi) is 6.47. The van der Waals surface area contributed by atoms with E-state index < -0.39 is 10.0 Å². The normalized spacial score (nSPS) is 15.1. The molecule has 0 bridgehead atoms. The number of nitrogens with one attached hydrogen (secondary N) is 1. The Morgan fingerprint density at radius 3 is 2.83 bits per heavy atom. The second kappa shape index (κ2) is 9.04. The minimum Gasteiger partial charge on any atom is -0.402 e. The summed E-state index contributed by atoms with van der Waals surface area (Å²) < 4.78 is 26.9. The Balaban J connectivity index is 1.96. The van der Waals surface area contributed by atoms with E-state index in [2.05, 4.69) is 25.6 Å². The van der Waals surface area contributed by atoms with Gasteiger partial charge in [-0.1, -0.05) is 18.1 Å². The molecule has 0 aliphatic heterocycles. The number of benzene rings is 1. The van der Waals surface area contributed by atoms with Gasteiger partial charge < -0.3 is 16.6 Å². The monoisotopic (exact) mass is 426 g/mol. The minimum atomic E-state index is -3.78. The van der Waals surface area contributed by atoms with Crippen molar-refractivity contribution in [2.24, 2.45) is 22.4 Å². The lowest BCUT2D eigenvalue weighted by molar-refractivity contribution is 0.301. The number of sulfonamides is 1. The van der Waals surface area contributed by atoms with E-state index in [0.29, 0.717) is 22.7 Å². The van der Waals surface area contributed by atoms with Crippen molar-refractivity contribution in [2.75, 3.05) is 13.2 Å². The molecule has 0 spiro atoms. The molecule has 9 nitrogen and oxygen atoms in total. The van der Waals surface area contributed by atoms with Gasteiger partial charge in [-0.2, -0.15) is 0 Å². The Labute approximate surface area is 175 Å². The molecule has 30 heavy (non-hydrogen) atoms. The van der Waals surface area contributed by atoms with E-state index in [1.165, 1.54) is 18.3 Å². The highest BCUT2D eigenvalue weighted by molar-refractivity contribution is 7.89. The molecule has 1 aromatic heterocycles. The third kappa shape index (κ3) is 5.21. The predicted octanol–water partition coefficient (Wildman–Crippen LogP) is 0.637. The number of aliphatic hydroxyl groups excluding tert-OH is 1. The summed E-state index contributed by atoms with van der Waals surface area (Å²) in [4.78, 5) is 12.9. The van der Waals surface area contributed by atoms with Gasteiger partial charge in [0.1, 0.15) is 5.84 Å². The molecule has 0 atom stereocenters. The zero-order valence-corrected chi connectivity index (χ0v) is 16.9. The van der Waals surface area contributed by atoms with Crippen LogP contribution < -0.4 is 16.2 Å². The summed E-state index contributed by atoms with van der Waals surface area (Å²) >= 11 is 0. The van der Waals surface area contributed by atoms with Crippen molar-refractivity contribution in [3.8, 4) is 23.7 Å². The van der Waals surface area contributed by atoms with Crippen LogP contribution in [0.3, 0.4) is 0 Å². The fraction of sp³-hybridized carbons (Fsp3) is 0.250. The molecule has 0 radical (unpaired) electrons. The van der Waals surface area contributed by atoms with Crippen LogP contribution in [-0.4, -0.2) is 42.5 Å². The molecule has 3 rings (SSSR count). The first-order valence-corrected chi connectivity index (χ1v) is 10.7. The van der Waals surface area contributed by atoms with Gasteiger partial charge >= 0.3 is 0 Å². The largest absolute Gasteiger partial charge is 0.402 e. The van der Waals surface area contributed by atoms with E-state index in [0.717, 1.165) is 12.8 Å². The van der Waals surface area contributed by atoms with Crippen molar-refractivity contribution in [2.45, 2.75) is 17.7 Å². The highest BCUT2D eigenvalue weighted by Gasteiger charge is 2.24. The molecule has 1 fully saturated rings. The molecule has 1 saturated carbocycles. The van der Waals surface area contributed by atoms with Gasteiger partial charge in [-0.25, -0.2) is 28.1 Å². The molecule has 0 saturated heterocycles. The lowest BCUT2D eigenvalue weighted by Crippen LogP contribution is -2.26. The highest BCUT2D eigenvalue weighted by Crippen LogP contribution is 2.33. The lowest BCUT2D eigenvalue weighted by atomic mass is 10.2. The maximum Gasteiger partial charge on any atom is 0.240 e. The van der Waals surface area contributed by atoms with Crippen molar-refractivity contribution < 1.29 is 13.5 Å². The van der Waals surface area contributed by atoms with Gasteiger partial charge in [-0.3, -0.25) is 0 Å². The van der Waals surface area contributed by atoms with Gasteiger partial charge in [0, 0.05) is 24.0 Å². The summed E-state index contributed by atoms with van der Waals surface area (Å²) in [6.07, 6.45) is 10.6. The van der Waals surface area contributed by atoms with Crippen molar-refractivity contribution in [1.29, 1.82) is 0 Å². The first-order chi connectivity index (χ1) is 14.3. The summed E-state index contributed by atoms with van der Waals surface area (Å²) in [6.45, 7) is -0.395. The summed E-state index contributed by atoms with van der Waals surface area (Å²) in [6, 6.07) is 6.09. The molecular formula is C20H22N6O3S. The van der Waals surface area contributed by atoms with Crippen molar-refractivity contribution in [3.63, 3.8) is 0 Å². The molecule has 6 N–H and O–H groups in total. The Morgan fingerprint density at radius 2 is 2.17 bits per heavy atom. The number of hydrogen-bond acceptors (Lipinski definition) is 7. The van der Waals surface area contributed by atoms with Crippen LogP contribution in [-0.2, 0) is 10.0 Å². The van der Waals surface area contributed by atoms with E-state index in [4.69, 9.17) is 23.0 Å². The molecular weight excluding hydrogens is 404 g/mol. The summed E-state index contributed by atoms with van der Waals surface area (Å²) in [5.41, 5.74) is 13.4. The van der Waals surface area contributed by atoms with E-state index >= 15 is 0 Å². The number of aromatic nitrogens is 2. The number of hydrogen-bond donors (Lipinski definition) is 4. The molecule has 1 aliphatic rings. The van der Waals surface area contributed by atoms with Gasteiger partial charge in [0.25, 0.3) is 0 Å². The average Bonchev–Trinajstić information content (AvgIpc) is 3.58. The van der Waals surface area contributed by atoms with Gasteiger partial charge in [0.05, 0.1) is 17.1 Å². The molecule has 0 amide bonds. The van der Waals surface area contributed by atoms with Crippen LogP contribution in [0.5, 0.6) is 0 Å². The number of amidine groups is 1. The quantitative estimate of drug-likeness (QED) is 0.274. The first kappa shape index (κ1) is 21.4. The van der Waals surface area contributed by atoms with E-state index in [-0.39, 0.29) is 35.5 Å². The second-order valence-corrected chi connectivity index (χ2v) is 8.45. The summed E-state index contributed by atoms with van der Waals surface area (Å²) in [5.74, 6) is 3.39. The maximum atomic E-state index is 12.3. The fourth-order valence-electron chi connectivity index (χ4n) is 2.62. The van der Waals surface area contributed by atoms with Crippen molar-refractivity contribution >= 4 is 21.7 Å². The van der Waals surface area contributed by atoms with Gasteiger partial charge in [0.15, 0.2) is 11.6 Å². The smallest absolute Gasteiger partial charge is 0.240 e. The number of aliphatic hydroxyl groups is 1. The van der Waals surface area contributed by atoms with E-state index in [1.807, 2.05) is 0 Å². The molecule has 1 aromatic carbocycles. The van der Waals surface area contributed by atoms with Crippen LogP contribution >= 0.6 is 0 Å². The third-order valence-electron chi connectivity index (χ3n) is 4.33. The second-order valence-electron chi connectivity index (χ2n) is 6.68. The van der Waals surface area contributed by atoms with Gasteiger partial charge in [-0.15, -0.1) is 6.42 Å². The van der Waals surface area contributed by atoms with Gasteiger partial charge in [-0.05, 0) is 37.0 Å². The zero-order chi connectivity index (χ0) is 21.7. The number of terminal acetylenes is 1. The first-order valence-electron chi connectivity index (χ1n) is 9.20. The number of allylic oxidation sites excluding steroid dienone is 1. The van der Waals surface area contributed by atoms with E-state index in [1.54, 1.807) is 18.2 Å². The minimum absolute atomic E-state index is 0.0165. The Morgan fingerprint density at radius 1 is 1.40 bits per heavy atom. The van der Waals surface area contributed by atoms with Crippen LogP contribution in [0.4, 0.5) is 5.82 Å². The van der Waals surface area contributed by atoms with Gasteiger partial charge in [0.2, 0.25) is 10.0 Å². The SMILES string of the molecule is C#Cc1cnc(-c2cccc(S(=O)(=O)NCCO)c2)nc1N=C(N)/C=C(\N)C1CC1. The number of nitrogens with zero attached hydrogens (tertiary/aromatic N) is 3. The topological polar surface area (TPSA) is 157 Å². The highest BCUT2D eigenvalue weighted by atomic mass is 32.2. The maximum absolute atomic E-state index is 12.3. The summed E-state index contributed by atoms with van der Waals surface area (Å²) in [7, 11) is -3.78. The molecule has 156 valence electrons. The fourth-order valence-corrected chi connectivity index (χ4v) is 3.69. The van der Waals surface area contributed by atoms with Crippen LogP contribution in [0.2, 0.25) is 0 Å². The summed E-state index contributed by atoms with van der Waals surface area (Å²) in [5, 5.41) is 8.85. The van der Waals surface area contributed by atoms with Crippen LogP contribution in [0.1, 0.15) is 18.4 Å². The lowest BCUT2D eigenvalue weighted by Gasteiger charge is -2.08. The number of nitrogens with two attached hydrogens (primary N) is 2. The molecule has 0 unspecified atom stereocenters. The molecule has 1 aliphatic carbocycles. The third-order valence-corrected chi connectivity index (χ3v) is 5.79. The molecule has 1 heterocycles. The molecule has 10 heteroatoms. The standard InChI is InChI=1S/C20H22N6O3S/c1-2-13-12-23-19(26-20(13)25-18(22)11-17(21)14-6-7-14)15-4-3-5-16(10-15)30(28,29)24-8-9-27/h1,3-5,10-12,14,24,27H,6-9,21H2,(H2,22,23,25,26)/b17-11-. The zero-order valence-electron chi connectivity index (χ0n) is 16.1. The van der Waals surface area contributed by atoms with E-state index in [9.17, 15) is 8.42 Å². The number of aliphatic imine (C=N–C) groups is 1. The molecule has 2 aromatic rings. The Bertz CT molecular complexity index is 1150. The van der Waals surface area contributed by atoms with Crippen molar-refractivity contribution in [1.82, 2.24) is 14.7 Å².